The number of rotatable bonds is 5. The van der Waals surface area contributed by atoms with Gasteiger partial charge in [0.25, 0.3) is 5.91 Å². The van der Waals surface area contributed by atoms with Crippen LogP contribution in [0.4, 0.5) is 5.82 Å². The molecule has 1 saturated heterocycles. The molecule has 2 heterocycles. The van der Waals surface area contributed by atoms with Crippen molar-refractivity contribution in [1.82, 2.24) is 20.2 Å². The third-order valence-electron chi connectivity index (χ3n) is 5.58. The lowest BCUT2D eigenvalue weighted by molar-refractivity contribution is 0.0950. The molecule has 1 aliphatic heterocycles. The zero-order chi connectivity index (χ0) is 19.5. The van der Waals surface area contributed by atoms with Crippen LogP contribution in [0.25, 0.3) is 22.0 Å². The Morgan fingerprint density at radius 2 is 1.96 bits per heavy atom. The Labute approximate surface area is 164 Å². The van der Waals surface area contributed by atoms with Gasteiger partial charge in [-0.3, -0.25) is 4.79 Å². The van der Waals surface area contributed by atoms with E-state index in [2.05, 4.69) is 27.2 Å². The minimum atomic E-state index is -0.0247. The molecule has 1 amide bonds. The Bertz CT molecular complexity index is 986. The van der Waals surface area contributed by atoms with Crippen LogP contribution in [0, 0.1) is 0 Å². The number of likely N-dealkylation sites (tertiary alicyclic amines) is 1. The average molecular weight is 375 g/mol. The Morgan fingerprint density at radius 1 is 1.18 bits per heavy atom. The van der Waals surface area contributed by atoms with Crippen molar-refractivity contribution in [1.29, 1.82) is 0 Å². The highest BCUT2D eigenvalue weighted by molar-refractivity contribution is 5.95. The molecule has 1 aliphatic rings. The molecule has 3 aromatic rings. The number of aromatic nitrogens is 2. The second kappa shape index (κ2) is 7.94. The first-order valence-electron chi connectivity index (χ1n) is 9.71. The van der Waals surface area contributed by atoms with E-state index in [9.17, 15) is 4.79 Å². The van der Waals surface area contributed by atoms with Gasteiger partial charge in [0.1, 0.15) is 12.1 Å². The number of hydrogen-bond donors (Lipinski definition) is 2. The van der Waals surface area contributed by atoms with E-state index in [-0.39, 0.29) is 5.91 Å². The number of anilines is 1. The molecule has 0 bridgehead atoms. The summed E-state index contributed by atoms with van der Waals surface area (Å²) >= 11 is 0. The van der Waals surface area contributed by atoms with Crippen LogP contribution in [0.1, 0.15) is 29.6 Å². The van der Waals surface area contributed by atoms with E-state index in [0.29, 0.717) is 24.0 Å². The molecule has 1 aromatic heterocycles. The predicted octanol–water partition coefficient (Wildman–Crippen LogP) is 3.09. The van der Waals surface area contributed by atoms with E-state index < -0.39 is 0 Å². The molecule has 0 radical (unpaired) electrons. The highest BCUT2D eigenvalue weighted by atomic mass is 16.1. The largest absolute Gasteiger partial charge is 0.383 e. The number of hydrogen-bond acceptors (Lipinski definition) is 5. The first-order valence-corrected chi connectivity index (χ1v) is 9.71. The molecular formula is C22H25N5O. The molecule has 0 spiro atoms. The number of nitrogen functional groups attached to an aromatic ring is 1. The van der Waals surface area contributed by atoms with Crippen molar-refractivity contribution in [2.24, 2.45) is 0 Å². The molecule has 144 valence electrons. The normalized spacial score (nSPS) is 17.1. The SMILES string of the molecule is CN1CCCC1CCNC(=O)c1ccc(-c2ccc3ncnc(N)c3c2)cc1. The maximum Gasteiger partial charge on any atom is 0.251 e. The third kappa shape index (κ3) is 3.82. The van der Waals surface area contributed by atoms with Crippen molar-refractivity contribution in [2.75, 3.05) is 25.9 Å². The van der Waals surface area contributed by atoms with Crippen LogP contribution in [-0.4, -0.2) is 47.0 Å². The van der Waals surface area contributed by atoms with Crippen LogP contribution >= 0.6 is 0 Å². The van der Waals surface area contributed by atoms with Crippen molar-refractivity contribution < 1.29 is 4.79 Å². The lowest BCUT2D eigenvalue weighted by Gasteiger charge is -2.19. The fourth-order valence-corrected chi connectivity index (χ4v) is 3.87. The first kappa shape index (κ1) is 18.4. The van der Waals surface area contributed by atoms with Crippen LogP contribution < -0.4 is 11.1 Å². The topological polar surface area (TPSA) is 84.1 Å². The van der Waals surface area contributed by atoms with Crippen LogP contribution in [0.2, 0.25) is 0 Å². The second-order valence-corrected chi connectivity index (χ2v) is 7.39. The summed E-state index contributed by atoms with van der Waals surface area (Å²) in [5.74, 6) is 0.444. The standard InChI is InChI=1S/C22H25N5O/c1-27-12-2-3-18(27)10-11-24-22(28)16-6-4-15(5-7-16)17-8-9-20-19(13-17)21(23)26-14-25-20/h4-9,13-14,18H,2-3,10-12H2,1H3,(H,24,28)(H2,23,25,26). The van der Waals surface area contributed by atoms with Gasteiger partial charge in [-0.05, 0) is 68.2 Å². The van der Waals surface area contributed by atoms with Gasteiger partial charge in [0.2, 0.25) is 0 Å². The number of nitrogens with zero attached hydrogens (tertiary/aromatic N) is 3. The van der Waals surface area contributed by atoms with E-state index in [1.165, 1.54) is 19.2 Å². The summed E-state index contributed by atoms with van der Waals surface area (Å²) in [5.41, 5.74) is 9.49. The van der Waals surface area contributed by atoms with Gasteiger partial charge in [-0.15, -0.1) is 0 Å². The summed E-state index contributed by atoms with van der Waals surface area (Å²) in [4.78, 5) is 23.1. The molecule has 4 rings (SSSR count). The summed E-state index contributed by atoms with van der Waals surface area (Å²) in [6.45, 7) is 1.87. The Kier molecular flexibility index (Phi) is 5.21. The van der Waals surface area contributed by atoms with Crippen molar-refractivity contribution in [2.45, 2.75) is 25.3 Å². The smallest absolute Gasteiger partial charge is 0.251 e. The van der Waals surface area contributed by atoms with Crippen LogP contribution in [0.3, 0.4) is 0 Å². The van der Waals surface area contributed by atoms with E-state index in [1.807, 2.05) is 42.5 Å². The van der Waals surface area contributed by atoms with Gasteiger partial charge in [0, 0.05) is 23.5 Å². The number of carbonyl (C=O) groups excluding carboxylic acids is 1. The Morgan fingerprint density at radius 3 is 2.71 bits per heavy atom. The van der Waals surface area contributed by atoms with Gasteiger partial charge >= 0.3 is 0 Å². The minimum Gasteiger partial charge on any atom is -0.383 e. The first-order chi connectivity index (χ1) is 13.6. The number of amides is 1. The summed E-state index contributed by atoms with van der Waals surface area (Å²) in [6.07, 6.45) is 4.95. The van der Waals surface area contributed by atoms with E-state index in [4.69, 9.17) is 5.73 Å². The average Bonchev–Trinajstić information content (AvgIpc) is 3.13. The van der Waals surface area contributed by atoms with E-state index >= 15 is 0 Å². The van der Waals surface area contributed by atoms with Crippen LogP contribution in [0.15, 0.2) is 48.8 Å². The lowest BCUT2D eigenvalue weighted by atomic mass is 10.0. The molecule has 0 saturated carbocycles. The number of benzene rings is 2. The monoisotopic (exact) mass is 375 g/mol. The fourth-order valence-electron chi connectivity index (χ4n) is 3.87. The van der Waals surface area contributed by atoms with Gasteiger partial charge in [-0.25, -0.2) is 9.97 Å². The van der Waals surface area contributed by atoms with Crippen molar-refractivity contribution in [3.8, 4) is 11.1 Å². The molecule has 2 aromatic carbocycles. The molecular weight excluding hydrogens is 350 g/mol. The van der Waals surface area contributed by atoms with Crippen LogP contribution in [0.5, 0.6) is 0 Å². The number of fused-ring (bicyclic) bond motifs is 1. The van der Waals surface area contributed by atoms with Crippen molar-refractivity contribution in [3.05, 3.63) is 54.4 Å². The Balaban J connectivity index is 1.42. The van der Waals surface area contributed by atoms with Crippen molar-refractivity contribution in [3.63, 3.8) is 0 Å². The third-order valence-corrected chi connectivity index (χ3v) is 5.58. The zero-order valence-electron chi connectivity index (χ0n) is 16.1. The highest BCUT2D eigenvalue weighted by Crippen LogP contribution is 2.26. The molecule has 1 unspecified atom stereocenters. The summed E-state index contributed by atoms with van der Waals surface area (Å²) in [5, 5.41) is 3.87. The molecule has 6 nitrogen and oxygen atoms in total. The molecule has 6 heteroatoms. The molecule has 0 aliphatic carbocycles. The zero-order valence-corrected chi connectivity index (χ0v) is 16.1. The fraction of sp³-hybridized carbons (Fsp3) is 0.318. The van der Waals surface area contributed by atoms with Crippen molar-refractivity contribution >= 4 is 22.6 Å². The minimum absolute atomic E-state index is 0.0247. The Hall–Kier alpha value is -2.99. The van der Waals surface area contributed by atoms with Gasteiger partial charge in [-0.2, -0.15) is 0 Å². The second-order valence-electron chi connectivity index (χ2n) is 7.39. The molecule has 28 heavy (non-hydrogen) atoms. The number of nitrogens with one attached hydrogen (secondary N) is 1. The predicted molar refractivity (Wildman–Crippen MR) is 112 cm³/mol. The lowest BCUT2D eigenvalue weighted by Crippen LogP contribution is -2.31. The van der Waals surface area contributed by atoms with Gasteiger partial charge in [-0.1, -0.05) is 18.2 Å². The highest BCUT2D eigenvalue weighted by Gasteiger charge is 2.20. The van der Waals surface area contributed by atoms with Gasteiger partial charge in [0.15, 0.2) is 0 Å². The van der Waals surface area contributed by atoms with Crippen LogP contribution in [-0.2, 0) is 0 Å². The maximum absolute atomic E-state index is 12.4. The molecule has 1 fully saturated rings. The molecule has 1 atom stereocenters. The quantitative estimate of drug-likeness (QED) is 0.716. The maximum atomic E-state index is 12.4. The number of nitrogens with two attached hydrogens (primary N) is 1. The summed E-state index contributed by atoms with van der Waals surface area (Å²) < 4.78 is 0. The van der Waals surface area contributed by atoms with E-state index in [0.717, 1.165) is 35.0 Å². The molecule has 3 N–H and O–H groups in total. The van der Waals surface area contributed by atoms with Gasteiger partial charge < -0.3 is 16.0 Å². The van der Waals surface area contributed by atoms with Gasteiger partial charge in [0.05, 0.1) is 5.52 Å². The summed E-state index contributed by atoms with van der Waals surface area (Å²) in [6, 6.07) is 14.2. The summed E-state index contributed by atoms with van der Waals surface area (Å²) in [7, 11) is 2.16. The van der Waals surface area contributed by atoms with E-state index in [1.54, 1.807) is 0 Å². The number of carbonyl (C=O) groups is 1.